The van der Waals surface area contributed by atoms with Gasteiger partial charge in [0, 0.05) is 5.75 Å². The third-order valence-corrected chi connectivity index (χ3v) is 6.25. The molecular weight excluding hydrogens is 574 g/mol. The van der Waals surface area contributed by atoms with Crippen LogP contribution in [0.5, 0.6) is 0 Å². The maximum absolute atomic E-state index is 12.9. The molecule has 0 rings (SSSR count). The smallest absolute Gasteiger partial charge is 0.371 e. The van der Waals surface area contributed by atoms with E-state index in [0.717, 1.165) is 0 Å². The number of nitrogens with one attached hydrogen (secondary N) is 1. The first-order chi connectivity index (χ1) is 18.5. The zero-order valence-electron chi connectivity index (χ0n) is 23.8. The van der Waals surface area contributed by atoms with Crippen LogP contribution in [0.1, 0.15) is 55.4 Å². The van der Waals surface area contributed by atoms with Gasteiger partial charge in [0.25, 0.3) is 0 Å². The maximum atomic E-state index is 12.9. The highest BCUT2D eigenvalue weighted by molar-refractivity contribution is 8.15. The van der Waals surface area contributed by atoms with Crippen molar-refractivity contribution in [3.05, 3.63) is 0 Å². The van der Waals surface area contributed by atoms with E-state index in [9.17, 15) is 33.6 Å². The highest BCUT2D eigenvalue weighted by Crippen LogP contribution is 2.27. The number of carbonyl (C=O) groups is 7. The normalized spacial score (nSPS) is 11.9. The monoisotopic (exact) mass is 611 g/mol. The molecule has 1 N–H and O–H groups in total. The molecule has 14 nitrogen and oxygen atoms in total. The van der Waals surface area contributed by atoms with Crippen LogP contribution in [0, 0.1) is 17.8 Å². The molecule has 0 radical (unpaired) electrons. The van der Waals surface area contributed by atoms with Crippen LogP contribution in [0.25, 0.3) is 0 Å². The minimum absolute atomic E-state index is 0.379. The molecule has 0 aliphatic carbocycles. The average molecular weight is 612 g/mol. The minimum atomic E-state index is -1.49. The Kier molecular flexibility index (Phi) is 17.0. The number of ether oxygens (including phenoxy) is 6. The Bertz CT molecular complexity index is 918. The van der Waals surface area contributed by atoms with Gasteiger partial charge in [-0.3, -0.25) is 19.2 Å². The summed E-state index contributed by atoms with van der Waals surface area (Å²) in [5.74, 6) is -5.36. The molecule has 0 saturated heterocycles. The van der Waals surface area contributed by atoms with Crippen LogP contribution in [0.4, 0.5) is 9.59 Å². The largest absolute Gasteiger partial charge is 0.428 e. The standard InChI is InChI=1S/C24H37NO13S2/c1-13(2)17(26)33-10-36-20(29)16(9-39-22(31)37-11-34-18(27)14(3)4)25-21(30)24(7,8)40-23(32)38-12-35-19(28)15(5)6/h13-16H,9-12H2,1-8H3,(H,25,30)/t16-/m0/s1. The van der Waals surface area contributed by atoms with Crippen molar-refractivity contribution in [1.82, 2.24) is 5.32 Å². The Morgan fingerprint density at radius 2 is 0.975 bits per heavy atom. The fourth-order valence-corrected chi connectivity index (χ4v) is 3.32. The summed E-state index contributed by atoms with van der Waals surface area (Å²) < 4.78 is 27.3. The Morgan fingerprint density at radius 1 is 0.600 bits per heavy atom. The van der Waals surface area contributed by atoms with Gasteiger partial charge in [0.15, 0.2) is 0 Å². The third-order valence-electron chi connectivity index (χ3n) is 4.42. The number of rotatable bonds is 15. The Labute approximate surface area is 241 Å². The number of amides is 1. The lowest BCUT2D eigenvalue weighted by atomic mass is 10.2. The summed E-state index contributed by atoms with van der Waals surface area (Å²) in [7, 11) is 0. The van der Waals surface area contributed by atoms with Crippen molar-refractivity contribution in [3.8, 4) is 0 Å². The predicted molar refractivity (Wildman–Crippen MR) is 143 cm³/mol. The van der Waals surface area contributed by atoms with Crippen LogP contribution < -0.4 is 5.32 Å². The number of esters is 4. The molecule has 0 unspecified atom stereocenters. The summed E-state index contributed by atoms with van der Waals surface area (Å²) >= 11 is 0.934. The number of carbonyl (C=O) groups excluding carboxylic acids is 7. The summed E-state index contributed by atoms with van der Waals surface area (Å²) in [5, 5.41) is 0.536. The van der Waals surface area contributed by atoms with Crippen molar-refractivity contribution >= 4 is 63.9 Å². The molecule has 0 heterocycles. The fourth-order valence-electron chi connectivity index (χ4n) is 2.00. The zero-order valence-corrected chi connectivity index (χ0v) is 25.4. The molecule has 228 valence electrons. The van der Waals surface area contributed by atoms with Crippen LogP contribution in [-0.2, 0) is 52.4 Å². The summed E-state index contributed by atoms with van der Waals surface area (Å²) in [6.07, 6.45) is 0. The van der Waals surface area contributed by atoms with Crippen molar-refractivity contribution in [3.63, 3.8) is 0 Å². The zero-order chi connectivity index (χ0) is 31.0. The van der Waals surface area contributed by atoms with Gasteiger partial charge in [-0.15, -0.1) is 0 Å². The molecule has 0 aliphatic rings. The highest BCUT2D eigenvalue weighted by Gasteiger charge is 2.36. The topological polar surface area (TPSA) is 187 Å². The molecule has 0 bridgehead atoms. The van der Waals surface area contributed by atoms with Crippen molar-refractivity contribution in [2.75, 3.05) is 26.1 Å². The molecule has 0 spiro atoms. The molecule has 1 amide bonds. The highest BCUT2D eigenvalue weighted by atomic mass is 32.2. The quantitative estimate of drug-likeness (QED) is 0.162. The van der Waals surface area contributed by atoms with E-state index in [2.05, 4.69) is 5.32 Å². The van der Waals surface area contributed by atoms with Gasteiger partial charge in [-0.2, -0.15) is 0 Å². The van der Waals surface area contributed by atoms with Crippen molar-refractivity contribution in [2.45, 2.75) is 66.2 Å². The lowest BCUT2D eigenvalue weighted by molar-refractivity contribution is -0.171. The second-order valence-corrected chi connectivity index (χ2v) is 11.9. The van der Waals surface area contributed by atoms with Gasteiger partial charge in [0.05, 0.1) is 22.5 Å². The summed E-state index contributed by atoms with van der Waals surface area (Å²) in [6, 6.07) is -1.44. The molecule has 16 heteroatoms. The van der Waals surface area contributed by atoms with Crippen molar-refractivity contribution in [1.29, 1.82) is 0 Å². The SMILES string of the molecule is CC(C)C(=O)OCOC(=O)SC[C@H](NC(=O)C(C)(C)SC(=O)OCOC(=O)C(C)C)C(=O)OCOC(=O)C(C)C. The molecule has 0 aromatic heterocycles. The molecule has 0 aromatic carbocycles. The van der Waals surface area contributed by atoms with Gasteiger partial charge in [0.2, 0.25) is 26.3 Å². The summed E-state index contributed by atoms with van der Waals surface area (Å²) in [4.78, 5) is 84.2. The van der Waals surface area contributed by atoms with Crippen LogP contribution in [0.3, 0.4) is 0 Å². The lowest BCUT2D eigenvalue weighted by Gasteiger charge is -2.25. The first-order valence-corrected chi connectivity index (χ1v) is 13.9. The number of hydrogen-bond donors (Lipinski definition) is 1. The first kappa shape index (κ1) is 37.0. The molecule has 0 aliphatic heterocycles. The van der Waals surface area contributed by atoms with Crippen LogP contribution in [0.15, 0.2) is 0 Å². The molecule has 0 aromatic rings. The molecular formula is C24H37NO13S2. The van der Waals surface area contributed by atoms with Crippen LogP contribution in [0.2, 0.25) is 0 Å². The van der Waals surface area contributed by atoms with Gasteiger partial charge >= 0.3 is 34.5 Å². The maximum Gasteiger partial charge on any atom is 0.371 e. The van der Waals surface area contributed by atoms with Crippen molar-refractivity contribution in [2.24, 2.45) is 17.8 Å². The van der Waals surface area contributed by atoms with E-state index in [-0.39, 0.29) is 5.75 Å². The predicted octanol–water partition coefficient (Wildman–Crippen LogP) is 3.00. The Hall–Kier alpha value is -3.01. The van der Waals surface area contributed by atoms with E-state index in [4.69, 9.17) is 28.4 Å². The fraction of sp³-hybridized carbons (Fsp3) is 0.708. The second-order valence-electron chi connectivity index (χ2n) is 9.41. The van der Waals surface area contributed by atoms with Gasteiger partial charge in [0.1, 0.15) is 6.04 Å². The van der Waals surface area contributed by atoms with Crippen LogP contribution in [-0.4, -0.2) is 77.3 Å². The Balaban J connectivity index is 5.17. The van der Waals surface area contributed by atoms with Gasteiger partial charge < -0.3 is 33.7 Å². The Morgan fingerprint density at radius 3 is 1.40 bits per heavy atom. The second kappa shape index (κ2) is 18.4. The van der Waals surface area contributed by atoms with Gasteiger partial charge in [-0.1, -0.05) is 41.5 Å². The summed E-state index contributed by atoms with van der Waals surface area (Å²) in [6.45, 7) is 10.3. The molecule has 0 fully saturated rings. The van der Waals surface area contributed by atoms with E-state index >= 15 is 0 Å². The van der Waals surface area contributed by atoms with E-state index in [0.29, 0.717) is 23.5 Å². The van der Waals surface area contributed by atoms with E-state index < -0.39 is 89.3 Å². The number of thioether (sulfide) groups is 2. The first-order valence-electron chi connectivity index (χ1n) is 12.1. The van der Waals surface area contributed by atoms with E-state index in [1.807, 2.05) is 0 Å². The molecule has 1 atom stereocenters. The van der Waals surface area contributed by atoms with Crippen molar-refractivity contribution < 1.29 is 62.0 Å². The van der Waals surface area contributed by atoms with E-state index in [1.54, 1.807) is 41.5 Å². The minimum Gasteiger partial charge on any atom is -0.428 e. The van der Waals surface area contributed by atoms with Gasteiger partial charge in [-0.05, 0) is 37.4 Å². The average Bonchev–Trinajstić information content (AvgIpc) is 2.85. The van der Waals surface area contributed by atoms with E-state index in [1.165, 1.54) is 13.8 Å². The summed E-state index contributed by atoms with van der Waals surface area (Å²) in [5.41, 5.74) is 0. The molecule has 0 saturated carbocycles. The lowest BCUT2D eigenvalue weighted by Crippen LogP contribution is -2.50. The number of hydrogen-bond acceptors (Lipinski definition) is 15. The molecule has 40 heavy (non-hydrogen) atoms. The third kappa shape index (κ3) is 15.5. The van der Waals surface area contributed by atoms with Gasteiger partial charge in [-0.25, -0.2) is 14.4 Å². The van der Waals surface area contributed by atoms with Crippen LogP contribution >= 0.6 is 23.5 Å².